The van der Waals surface area contributed by atoms with Gasteiger partial charge in [-0.15, -0.1) is 0 Å². The molecule has 1 N–H and O–H groups in total. The van der Waals surface area contributed by atoms with Gasteiger partial charge in [0.1, 0.15) is 17.3 Å². The van der Waals surface area contributed by atoms with Gasteiger partial charge in [0.15, 0.2) is 0 Å². The van der Waals surface area contributed by atoms with Gasteiger partial charge in [-0.2, -0.15) is 0 Å². The van der Waals surface area contributed by atoms with Crippen molar-refractivity contribution in [3.63, 3.8) is 0 Å². The molecule has 0 aliphatic rings. The van der Waals surface area contributed by atoms with Crippen LogP contribution in [-0.2, 0) is 27.4 Å². The first kappa shape index (κ1) is 24.3. The maximum atomic E-state index is 14.3. The van der Waals surface area contributed by atoms with Gasteiger partial charge in [-0.1, -0.05) is 24.3 Å². The van der Waals surface area contributed by atoms with Crippen molar-refractivity contribution in [3.05, 3.63) is 83.1 Å². The molecular weight excluding hydrogens is 454 g/mol. The summed E-state index contributed by atoms with van der Waals surface area (Å²) in [5, 5.41) is 5.08. The lowest BCUT2D eigenvalue weighted by Crippen LogP contribution is -2.25. The number of benzene rings is 3. The number of hydrogen-bond acceptors (Lipinski definition) is 5. The third-order valence-corrected chi connectivity index (χ3v) is 5.74. The Bertz CT molecular complexity index is 1400. The van der Waals surface area contributed by atoms with E-state index in [4.69, 9.17) is 9.47 Å². The molecule has 1 heterocycles. The van der Waals surface area contributed by atoms with Gasteiger partial charge in [-0.05, 0) is 60.5 Å². The average molecular weight is 481 g/mol. The highest BCUT2D eigenvalue weighted by Crippen LogP contribution is 2.30. The summed E-state index contributed by atoms with van der Waals surface area (Å²) in [5.74, 6) is -1.82. The Labute approximate surface area is 201 Å². The Kier molecular flexibility index (Phi) is 7.41. The molecule has 8 heteroatoms. The number of hydrogen-bond donors (Lipinski definition) is 1. The minimum Gasteiger partial charge on any atom is -0.465 e. The number of nitrogens with one attached hydrogen (secondary N) is 1. The molecule has 0 fully saturated rings. The summed E-state index contributed by atoms with van der Waals surface area (Å²) >= 11 is 0. The zero-order valence-corrected chi connectivity index (χ0v) is 19.6. The smallest absolute Gasteiger partial charge is 0.355 e. The number of fused-ring (bicyclic) bond motifs is 2. The van der Waals surface area contributed by atoms with Crippen LogP contribution in [0.15, 0.2) is 54.6 Å². The highest BCUT2D eigenvalue weighted by Gasteiger charge is 2.25. The summed E-state index contributed by atoms with van der Waals surface area (Å²) in [6.45, 7) is 4.11. The van der Waals surface area contributed by atoms with Crippen LogP contribution in [0.25, 0.3) is 21.7 Å². The molecule has 0 atom stereocenters. The fourth-order valence-electron chi connectivity index (χ4n) is 4.29. The number of nitrogens with zero attached hydrogens (tertiary/aromatic N) is 1. The number of rotatable bonds is 9. The Morgan fingerprint density at radius 1 is 0.914 bits per heavy atom. The number of carbonyl (C=O) groups excluding carboxylic acids is 2. The molecule has 0 aliphatic carbocycles. The van der Waals surface area contributed by atoms with Crippen LogP contribution in [-0.4, -0.2) is 36.3 Å². The molecule has 35 heavy (non-hydrogen) atoms. The lowest BCUT2D eigenvalue weighted by molar-refractivity contribution is -0.142. The van der Waals surface area contributed by atoms with E-state index in [2.05, 4.69) is 5.32 Å². The molecule has 0 amide bonds. The van der Waals surface area contributed by atoms with Crippen LogP contribution in [0.4, 0.5) is 8.78 Å². The summed E-state index contributed by atoms with van der Waals surface area (Å²) < 4.78 is 40.4. The second-order valence-corrected chi connectivity index (χ2v) is 7.99. The first-order valence-electron chi connectivity index (χ1n) is 11.4. The van der Waals surface area contributed by atoms with E-state index in [1.165, 1.54) is 24.3 Å². The van der Waals surface area contributed by atoms with Gasteiger partial charge in [-0.25, -0.2) is 13.6 Å². The molecule has 4 aromatic rings. The number of esters is 2. The molecule has 0 spiro atoms. The predicted molar refractivity (Wildman–Crippen MR) is 129 cm³/mol. The summed E-state index contributed by atoms with van der Waals surface area (Å²) in [5.41, 5.74) is 2.17. The fourth-order valence-corrected chi connectivity index (χ4v) is 4.29. The quantitative estimate of drug-likeness (QED) is 0.343. The van der Waals surface area contributed by atoms with E-state index in [9.17, 15) is 18.4 Å². The molecule has 0 unspecified atom stereocenters. The third kappa shape index (κ3) is 5.17. The Morgan fingerprint density at radius 2 is 1.63 bits per heavy atom. The van der Waals surface area contributed by atoms with E-state index in [1.54, 1.807) is 30.5 Å². The van der Waals surface area contributed by atoms with Crippen LogP contribution in [0.3, 0.4) is 0 Å². The third-order valence-electron chi connectivity index (χ3n) is 5.74. The van der Waals surface area contributed by atoms with Crippen LogP contribution in [0.2, 0.25) is 0 Å². The standard InChI is InChI=1S/C27H26F2N2O4/c1-3-34-25(32)15-30-14-23-22-13-20(29)10-11-24(22)31(26(23)27(33)35-4-2)16-18-7-5-6-17-8-9-19(28)12-21(17)18/h5-13,30H,3-4,14-16H2,1-2H3. The van der Waals surface area contributed by atoms with E-state index in [-0.39, 0.29) is 44.4 Å². The predicted octanol–water partition coefficient (Wildman–Crippen LogP) is 4.95. The maximum absolute atomic E-state index is 14.3. The van der Waals surface area contributed by atoms with Crippen molar-refractivity contribution >= 4 is 33.6 Å². The van der Waals surface area contributed by atoms with E-state index < -0.39 is 17.8 Å². The molecule has 0 bridgehead atoms. The second-order valence-electron chi connectivity index (χ2n) is 7.99. The summed E-state index contributed by atoms with van der Waals surface area (Å²) in [4.78, 5) is 24.9. The van der Waals surface area contributed by atoms with Crippen LogP contribution in [0.1, 0.15) is 35.5 Å². The second kappa shape index (κ2) is 10.7. The zero-order chi connectivity index (χ0) is 24.9. The topological polar surface area (TPSA) is 69.6 Å². The molecule has 4 rings (SSSR count). The Balaban J connectivity index is 1.85. The normalized spacial score (nSPS) is 11.2. The van der Waals surface area contributed by atoms with Gasteiger partial charge in [0.25, 0.3) is 0 Å². The molecule has 0 saturated carbocycles. The number of halogens is 2. The van der Waals surface area contributed by atoms with Gasteiger partial charge < -0.3 is 19.4 Å². The van der Waals surface area contributed by atoms with Gasteiger partial charge >= 0.3 is 11.9 Å². The van der Waals surface area contributed by atoms with Gasteiger partial charge in [-0.3, -0.25) is 4.79 Å². The SMILES string of the molecule is CCOC(=O)CNCc1c(C(=O)OCC)n(Cc2cccc3ccc(F)cc23)c2ccc(F)cc12. The molecule has 182 valence electrons. The van der Waals surface area contributed by atoms with Crippen LogP contribution >= 0.6 is 0 Å². The first-order valence-corrected chi connectivity index (χ1v) is 11.4. The molecule has 6 nitrogen and oxygen atoms in total. The van der Waals surface area contributed by atoms with Crippen LogP contribution in [0, 0.1) is 11.6 Å². The number of carbonyl (C=O) groups is 2. The van der Waals surface area contributed by atoms with Crippen molar-refractivity contribution in [2.45, 2.75) is 26.9 Å². The summed E-state index contributed by atoms with van der Waals surface area (Å²) in [6, 6.07) is 14.5. The van der Waals surface area contributed by atoms with Gasteiger partial charge in [0.2, 0.25) is 0 Å². The lowest BCUT2D eigenvalue weighted by Gasteiger charge is -2.14. The number of aromatic nitrogens is 1. The minimum absolute atomic E-state index is 0.0688. The van der Waals surface area contributed by atoms with Crippen molar-refractivity contribution < 1.29 is 27.8 Å². The highest BCUT2D eigenvalue weighted by atomic mass is 19.1. The monoisotopic (exact) mass is 480 g/mol. The van der Waals surface area contributed by atoms with Crippen molar-refractivity contribution in [3.8, 4) is 0 Å². The highest BCUT2D eigenvalue weighted by molar-refractivity contribution is 5.99. The van der Waals surface area contributed by atoms with E-state index in [1.807, 2.05) is 18.2 Å². The molecule has 0 radical (unpaired) electrons. The van der Waals surface area contributed by atoms with Crippen molar-refractivity contribution in [2.75, 3.05) is 19.8 Å². The Hall–Kier alpha value is -3.78. The van der Waals surface area contributed by atoms with Crippen molar-refractivity contribution in [2.24, 2.45) is 0 Å². The van der Waals surface area contributed by atoms with Gasteiger partial charge in [0, 0.05) is 29.6 Å². The van der Waals surface area contributed by atoms with E-state index in [0.717, 1.165) is 10.9 Å². The first-order chi connectivity index (χ1) is 16.9. The van der Waals surface area contributed by atoms with Gasteiger partial charge in [0.05, 0.1) is 19.8 Å². The molecule has 3 aromatic carbocycles. The minimum atomic E-state index is -0.566. The molecule has 0 saturated heterocycles. The summed E-state index contributed by atoms with van der Waals surface area (Å²) in [7, 11) is 0. The summed E-state index contributed by atoms with van der Waals surface area (Å²) in [6.07, 6.45) is 0. The molecule has 0 aliphatic heterocycles. The van der Waals surface area contributed by atoms with E-state index >= 15 is 0 Å². The maximum Gasteiger partial charge on any atom is 0.355 e. The fraction of sp³-hybridized carbons (Fsp3) is 0.259. The van der Waals surface area contributed by atoms with Crippen molar-refractivity contribution in [1.82, 2.24) is 9.88 Å². The van der Waals surface area contributed by atoms with Crippen LogP contribution in [0.5, 0.6) is 0 Å². The lowest BCUT2D eigenvalue weighted by atomic mass is 10.0. The zero-order valence-electron chi connectivity index (χ0n) is 19.6. The molecule has 1 aromatic heterocycles. The van der Waals surface area contributed by atoms with E-state index in [0.29, 0.717) is 21.9 Å². The average Bonchev–Trinajstić information content (AvgIpc) is 3.12. The van der Waals surface area contributed by atoms with Crippen LogP contribution < -0.4 is 5.32 Å². The largest absolute Gasteiger partial charge is 0.465 e. The molecular formula is C27H26F2N2O4. The van der Waals surface area contributed by atoms with Crippen molar-refractivity contribution in [1.29, 1.82) is 0 Å². The number of ether oxygens (including phenoxy) is 2. The Morgan fingerprint density at radius 3 is 2.37 bits per heavy atom.